The van der Waals surface area contributed by atoms with E-state index in [-0.39, 0.29) is 17.7 Å². The van der Waals surface area contributed by atoms with Crippen molar-refractivity contribution in [3.8, 4) is 22.3 Å². The van der Waals surface area contributed by atoms with Crippen molar-refractivity contribution >= 4 is 63.7 Å². The van der Waals surface area contributed by atoms with Crippen LogP contribution in [0, 0.1) is 6.57 Å². The molecule has 0 aliphatic heterocycles. The highest BCUT2D eigenvalue weighted by Crippen LogP contribution is 2.48. The van der Waals surface area contributed by atoms with Crippen LogP contribution in [0.2, 0.25) is 20.1 Å². The highest BCUT2D eigenvalue weighted by molar-refractivity contribution is 6.42. The molecule has 2 aromatic heterocycles. The van der Waals surface area contributed by atoms with Crippen LogP contribution in [0.4, 0.5) is 17.3 Å². The van der Waals surface area contributed by atoms with E-state index in [2.05, 4.69) is 45.1 Å². The molecule has 0 fully saturated rings. The highest BCUT2D eigenvalue weighted by atomic mass is 35.5. The molecule has 0 radical (unpaired) electrons. The van der Waals surface area contributed by atoms with Gasteiger partial charge < -0.3 is 11.5 Å². The Kier molecular flexibility index (Phi) is 8.76. The maximum absolute atomic E-state index is 7.50. The number of anilines is 2. The normalized spacial score (nSPS) is 15.5. The minimum absolute atomic E-state index is 0.127. The Bertz CT molecular complexity index is 2260. The standard InChI is InChI=1S/C20H13Cl2N3.C19H14Cl2N2/c1-24-19-18-12(10-25-20(19)23)8-15(13-4-2-3-5-14(13)18)11-6-7-16(21)17(22)9-11;20-17-6-5-11(8-18(17)21)15-7-12-10-23-19(22)9-16(12)14-4-2-1-3-13(14)15/h2-7,9-10,15H,8H2,(H2,23,25);1-6,8-10,15H,7H2,(H2,22,23). The Morgan fingerprint density at radius 1 is 0.604 bits per heavy atom. The van der Waals surface area contributed by atoms with Crippen LogP contribution >= 0.6 is 46.4 Å². The quantitative estimate of drug-likeness (QED) is 0.176. The molecule has 0 saturated heterocycles. The summed E-state index contributed by atoms with van der Waals surface area (Å²) in [7, 11) is 0. The second-order valence-electron chi connectivity index (χ2n) is 11.8. The smallest absolute Gasteiger partial charge is 0.235 e. The molecule has 2 aliphatic rings. The molecule has 0 spiro atoms. The van der Waals surface area contributed by atoms with Crippen LogP contribution in [-0.2, 0) is 12.8 Å². The summed E-state index contributed by atoms with van der Waals surface area (Å²) in [5.41, 5.74) is 23.5. The van der Waals surface area contributed by atoms with Crippen LogP contribution in [0.5, 0.6) is 0 Å². The third kappa shape index (κ3) is 5.87. The minimum Gasteiger partial charge on any atom is -0.392 e. The van der Waals surface area contributed by atoms with E-state index in [9.17, 15) is 0 Å². The van der Waals surface area contributed by atoms with E-state index in [1.165, 1.54) is 22.3 Å². The first-order valence-electron chi connectivity index (χ1n) is 15.2. The van der Waals surface area contributed by atoms with Crippen LogP contribution in [0.1, 0.15) is 45.2 Å². The van der Waals surface area contributed by atoms with Gasteiger partial charge in [-0.2, -0.15) is 0 Å². The van der Waals surface area contributed by atoms with Gasteiger partial charge in [0.05, 0.1) is 26.7 Å². The molecule has 2 unspecified atom stereocenters. The van der Waals surface area contributed by atoms with Gasteiger partial charge in [0.15, 0.2) is 0 Å². The molecule has 0 saturated carbocycles. The summed E-state index contributed by atoms with van der Waals surface area (Å²) in [6.45, 7) is 7.50. The topological polar surface area (TPSA) is 82.2 Å². The molecule has 236 valence electrons. The van der Waals surface area contributed by atoms with Crippen LogP contribution < -0.4 is 11.5 Å². The van der Waals surface area contributed by atoms with E-state index in [0.717, 1.165) is 46.2 Å². The summed E-state index contributed by atoms with van der Waals surface area (Å²) >= 11 is 24.6. The number of pyridine rings is 2. The average molecular weight is 707 g/mol. The molecule has 4 N–H and O–H groups in total. The van der Waals surface area contributed by atoms with Gasteiger partial charge in [0.25, 0.3) is 0 Å². The third-order valence-corrected chi connectivity index (χ3v) is 10.5. The van der Waals surface area contributed by atoms with E-state index in [1.54, 1.807) is 6.20 Å². The fourth-order valence-corrected chi connectivity index (χ4v) is 7.44. The zero-order valence-corrected chi connectivity index (χ0v) is 28.4. The largest absolute Gasteiger partial charge is 0.392 e. The molecule has 2 aliphatic carbocycles. The van der Waals surface area contributed by atoms with Crippen molar-refractivity contribution in [1.29, 1.82) is 0 Å². The Balaban J connectivity index is 0.000000152. The third-order valence-electron chi connectivity index (χ3n) is 9.05. The van der Waals surface area contributed by atoms with Gasteiger partial charge in [0.2, 0.25) is 5.69 Å². The monoisotopic (exact) mass is 705 g/mol. The van der Waals surface area contributed by atoms with E-state index in [1.807, 2.05) is 66.9 Å². The van der Waals surface area contributed by atoms with Gasteiger partial charge in [-0.1, -0.05) is 107 Å². The summed E-state index contributed by atoms with van der Waals surface area (Å²) in [5, 5.41) is 2.25. The molecule has 0 bridgehead atoms. The van der Waals surface area contributed by atoms with Crippen molar-refractivity contribution in [1.82, 2.24) is 9.97 Å². The number of fused-ring (bicyclic) bond motifs is 6. The Labute approximate surface area is 298 Å². The van der Waals surface area contributed by atoms with Gasteiger partial charge in [-0.15, -0.1) is 0 Å². The van der Waals surface area contributed by atoms with Crippen LogP contribution in [-0.4, -0.2) is 9.97 Å². The number of nitrogens with zero attached hydrogens (tertiary/aromatic N) is 3. The lowest BCUT2D eigenvalue weighted by Gasteiger charge is -2.29. The predicted octanol–water partition coefficient (Wildman–Crippen LogP) is 11.2. The molecule has 5 nitrogen and oxygen atoms in total. The number of aromatic nitrogens is 2. The maximum Gasteiger partial charge on any atom is 0.235 e. The van der Waals surface area contributed by atoms with Gasteiger partial charge in [-0.25, -0.2) is 9.83 Å². The summed E-state index contributed by atoms with van der Waals surface area (Å²) in [6, 6.07) is 30.1. The first-order valence-corrected chi connectivity index (χ1v) is 16.7. The number of halogens is 4. The Morgan fingerprint density at radius 2 is 1.15 bits per heavy atom. The summed E-state index contributed by atoms with van der Waals surface area (Å²) in [5.74, 6) is 1.18. The van der Waals surface area contributed by atoms with Gasteiger partial charge in [-0.05, 0) is 98.8 Å². The molecular weight excluding hydrogens is 680 g/mol. The van der Waals surface area contributed by atoms with Crippen molar-refractivity contribution < 1.29 is 0 Å². The second-order valence-corrected chi connectivity index (χ2v) is 13.4. The lowest BCUT2D eigenvalue weighted by atomic mass is 9.76. The van der Waals surface area contributed by atoms with E-state index in [0.29, 0.717) is 31.6 Å². The summed E-state index contributed by atoms with van der Waals surface area (Å²) in [4.78, 5) is 12.1. The Morgan fingerprint density at radius 3 is 1.75 bits per heavy atom. The fourth-order valence-electron chi connectivity index (χ4n) is 6.82. The van der Waals surface area contributed by atoms with Crippen molar-refractivity contribution in [2.24, 2.45) is 0 Å². The van der Waals surface area contributed by atoms with Gasteiger partial charge in [0, 0.05) is 24.2 Å². The highest BCUT2D eigenvalue weighted by Gasteiger charge is 2.29. The van der Waals surface area contributed by atoms with Gasteiger partial charge >= 0.3 is 0 Å². The first-order chi connectivity index (χ1) is 23.2. The maximum atomic E-state index is 7.50. The SMILES string of the molecule is Nc1cc2c(cn1)CC(c1ccc(Cl)c(Cl)c1)c1ccccc1-2.[C-]#[N+]c1c(N)ncc2c1-c1ccccc1C(c1ccc(Cl)c(Cl)c1)C2. The zero-order chi connectivity index (χ0) is 33.5. The molecule has 0 amide bonds. The van der Waals surface area contributed by atoms with E-state index in [4.69, 9.17) is 64.4 Å². The molecule has 48 heavy (non-hydrogen) atoms. The molecule has 9 heteroatoms. The minimum atomic E-state index is 0.127. The lowest BCUT2D eigenvalue weighted by molar-refractivity contribution is 0.790. The number of nitrogens with two attached hydrogens (primary N) is 2. The molecular formula is C39H27Cl4N5. The average Bonchev–Trinajstić information content (AvgIpc) is 3.10. The van der Waals surface area contributed by atoms with Gasteiger partial charge in [0.1, 0.15) is 11.6 Å². The first kappa shape index (κ1) is 32.0. The number of rotatable bonds is 2. The predicted molar refractivity (Wildman–Crippen MR) is 198 cm³/mol. The molecule has 2 heterocycles. The van der Waals surface area contributed by atoms with E-state index >= 15 is 0 Å². The van der Waals surface area contributed by atoms with Gasteiger partial charge in [-0.3, -0.25) is 4.98 Å². The summed E-state index contributed by atoms with van der Waals surface area (Å²) in [6.07, 6.45) is 5.27. The molecule has 8 rings (SSSR count). The number of hydrogen-bond acceptors (Lipinski definition) is 4. The zero-order valence-electron chi connectivity index (χ0n) is 25.4. The van der Waals surface area contributed by atoms with Crippen molar-refractivity contribution in [2.75, 3.05) is 11.5 Å². The Hall–Kier alpha value is -4.57. The van der Waals surface area contributed by atoms with Crippen LogP contribution in [0.15, 0.2) is 103 Å². The summed E-state index contributed by atoms with van der Waals surface area (Å²) < 4.78 is 0. The van der Waals surface area contributed by atoms with Crippen LogP contribution in [0.25, 0.3) is 27.1 Å². The van der Waals surface area contributed by atoms with E-state index < -0.39 is 0 Å². The molecule has 6 aromatic rings. The molecule has 2 atom stereocenters. The lowest BCUT2D eigenvalue weighted by Crippen LogP contribution is -2.13. The number of hydrogen-bond donors (Lipinski definition) is 2. The fraction of sp³-hybridized carbons (Fsp3) is 0.103. The second kappa shape index (κ2) is 13.1. The number of nitrogen functional groups attached to an aromatic ring is 2. The van der Waals surface area contributed by atoms with Crippen molar-refractivity contribution in [2.45, 2.75) is 24.7 Å². The number of benzene rings is 4. The van der Waals surface area contributed by atoms with Crippen LogP contribution in [0.3, 0.4) is 0 Å². The van der Waals surface area contributed by atoms with Crippen molar-refractivity contribution in [3.05, 3.63) is 168 Å². The molecule has 4 aromatic carbocycles. The van der Waals surface area contributed by atoms with Crippen molar-refractivity contribution in [3.63, 3.8) is 0 Å².